The number of ether oxygens (including phenoxy) is 1. The van der Waals surface area contributed by atoms with Crippen LogP contribution >= 0.6 is 11.3 Å². The Labute approximate surface area is 189 Å². The topological polar surface area (TPSA) is 133 Å². The number of para-hydroxylation sites is 1. The number of hydrogen-bond acceptors (Lipinski definition) is 10. The Bertz CT molecular complexity index is 1040. The lowest BCUT2D eigenvalue weighted by Crippen LogP contribution is -2.36. The SMILES string of the molecule is OCC1CC(Nc2nc(NC3CCCOC3)ncc2-c2nc3ccccc3s2)C(O)C1O. The molecule has 1 aliphatic carbocycles. The number of hydrogen-bond donors (Lipinski definition) is 5. The van der Waals surface area contributed by atoms with Gasteiger partial charge in [-0.05, 0) is 31.4 Å². The second kappa shape index (κ2) is 9.24. The van der Waals surface area contributed by atoms with Gasteiger partial charge < -0.3 is 30.7 Å². The summed E-state index contributed by atoms with van der Waals surface area (Å²) in [4.78, 5) is 14.0. The minimum absolute atomic E-state index is 0.141. The van der Waals surface area contributed by atoms with E-state index in [1.54, 1.807) is 17.5 Å². The molecule has 5 rings (SSSR count). The normalized spacial score (nSPS) is 28.2. The maximum atomic E-state index is 10.5. The molecule has 10 heteroatoms. The fraction of sp³-hybridized carbons (Fsp3) is 0.500. The molecule has 2 fully saturated rings. The molecule has 2 aliphatic rings. The number of nitrogens with zero attached hydrogens (tertiary/aromatic N) is 3. The van der Waals surface area contributed by atoms with Crippen molar-refractivity contribution in [3.05, 3.63) is 30.5 Å². The lowest BCUT2D eigenvalue weighted by Gasteiger charge is -2.24. The standard InChI is InChI=1S/C22H27N5O4S/c28-10-12-8-16(19(30)18(12)29)25-20-14(21-26-15-5-1-2-6-17(15)32-21)9-23-22(27-20)24-13-4-3-7-31-11-13/h1-2,5-6,9,12-13,16,18-19,28-30H,3-4,7-8,10-11H2,(H2,23,24,25,27). The molecule has 2 aromatic heterocycles. The Kier molecular flexibility index (Phi) is 6.20. The van der Waals surface area contributed by atoms with Crippen LogP contribution in [-0.2, 0) is 4.74 Å². The third kappa shape index (κ3) is 4.28. The molecular weight excluding hydrogens is 430 g/mol. The molecule has 0 amide bonds. The summed E-state index contributed by atoms with van der Waals surface area (Å²) in [6, 6.07) is 7.60. The highest BCUT2D eigenvalue weighted by Gasteiger charge is 2.41. The van der Waals surface area contributed by atoms with Gasteiger partial charge >= 0.3 is 0 Å². The van der Waals surface area contributed by atoms with Crippen LogP contribution in [0.1, 0.15) is 19.3 Å². The maximum Gasteiger partial charge on any atom is 0.224 e. The Morgan fingerprint density at radius 3 is 2.75 bits per heavy atom. The Balaban J connectivity index is 1.47. The van der Waals surface area contributed by atoms with Gasteiger partial charge in [0.1, 0.15) is 16.9 Å². The van der Waals surface area contributed by atoms with Crippen molar-refractivity contribution < 1.29 is 20.1 Å². The highest BCUT2D eigenvalue weighted by Crippen LogP contribution is 2.36. The van der Waals surface area contributed by atoms with Gasteiger partial charge in [0.25, 0.3) is 0 Å². The second-order valence-electron chi connectivity index (χ2n) is 8.41. The van der Waals surface area contributed by atoms with Crippen molar-refractivity contribution in [3.63, 3.8) is 0 Å². The summed E-state index contributed by atoms with van der Waals surface area (Å²) in [5.41, 5.74) is 1.63. The Morgan fingerprint density at radius 1 is 1.12 bits per heavy atom. The molecule has 3 aromatic rings. The van der Waals surface area contributed by atoms with E-state index in [-0.39, 0.29) is 18.6 Å². The highest BCUT2D eigenvalue weighted by molar-refractivity contribution is 7.21. The summed E-state index contributed by atoms with van der Waals surface area (Å²) in [6.07, 6.45) is 2.15. The van der Waals surface area contributed by atoms with Crippen molar-refractivity contribution in [2.24, 2.45) is 5.92 Å². The third-order valence-corrected chi connectivity index (χ3v) is 7.23. The molecule has 170 valence electrons. The van der Waals surface area contributed by atoms with Gasteiger partial charge in [-0.3, -0.25) is 0 Å². The van der Waals surface area contributed by atoms with Crippen molar-refractivity contribution in [2.45, 2.75) is 43.6 Å². The smallest absolute Gasteiger partial charge is 0.224 e. The molecule has 0 radical (unpaired) electrons. The van der Waals surface area contributed by atoms with E-state index in [9.17, 15) is 15.3 Å². The maximum absolute atomic E-state index is 10.5. The fourth-order valence-corrected chi connectivity index (χ4v) is 5.34. The zero-order valence-electron chi connectivity index (χ0n) is 17.5. The van der Waals surface area contributed by atoms with Crippen LogP contribution in [0.2, 0.25) is 0 Å². The average Bonchev–Trinajstić information content (AvgIpc) is 3.36. The number of aliphatic hydroxyl groups excluding tert-OH is 3. The van der Waals surface area contributed by atoms with Crippen molar-refractivity contribution in [1.82, 2.24) is 15.0 Å². The summed E-state index contributed by atoms with van der Waals surface area (Å²) in [6.45, 7) is 1.20. The molecule has 5 atom stereocenters. The minimum Gasteiger partial charge on any atom is -0.396 e. The van der Waals surface area contributed by atoms with Gasteiger partial charge in [-0.15, -0.1) is 11.3 Å². The molecule has 1 aromatic carbocycles. The van der Waals surface area contributed by atoms with E-state index in [4.69, 9.17) is 14.7 Å². The number of fused-ring (bicyclic) bond motifs is 1. The first-order chi connectivity index (χ1) is 15.6. The predicted octanol–water partition coefficient (Wildman–Crippen LogP) is 1.86. The predicted molar refractivity (Wildman–Crippen MR) is 123 cm³/mol. The minimum atomic E-state index is -1.01. The lowest BCUT2D eigenvalue weighted by molar-refractivity contribution is 0.00446. The molecule has 1 aliphatic heterocycles. The first kappa shape index (κ1) is 21.5. The number of thiazole rings is 1. The molecule has 0 spiro atoms. The second-order valence-corrected chi connectivity index (χ2v) is 9.44. The van der Waals surface area contributed by atoms with Gasteiger partial charge in [0.15, 0.2) is 0 Å². The summed E-state index contributed by atoms with van der Waals surface area (Å²) >= 11 is 1.55. The van der Waals surface area contributed by atoms with Crippen LogP contribution in [0.4, 0.5) is 11.8 Å². The van der Waals surface area contributed by atoms with Gasteiger partial charge in [-0.25, -0.2) is 9.97 Å². The van der Waals surface area contributed by atoms with Crippen molar-refractivity contribution in [3.8, 4) is 10.6 Å². The first-order valence-electron chi connectivity index (χ1n) is 10.9. The van der Waals surface area contributed by atoms with Gasteiger partial charge in [0.2, 0.25) is 5.95 Å². The molecule has 1 saturated heterocycles. The molecule has 9 nitrogen and oxygen atoms in total. The van der Waals surface area contributed by atoms with E-state index < -0.39 is 18.2 Å². The number of rotatable bonds is 6. The lowest BCUT2D eigenvalue weighted by atomic mass is 10.1. The summed E-state index contributed by atoms with van der Waals surface area (Å²) in [5.74, 6) is 0.625. The Morgan fingerprint density at radius 2 is 2.00 bits per heavy atom. The van der Waals surface area contributed by atoms with Crippen molar-refractivity contribution in [2.75, 3.05) is 30.5 Å². The average molecular weight is 458 g/mol. The number of anilines is 2. The van der Waals surface area contributed by atoms with Crippen LogP contribution in [0, 0.1) is 5.92 Å². The number of benzene rings is 1. The molecule has 32 heavy (non-hydrogen) atoms. The number of nitrogens with one attached hydrogen (secondary N) is 2. The van der Waals surface area contributed by atoms with Crippen LogP contribution < -0.4 is 10.6 Å². The fourth-order valence-electron chi connectivity index (χ4n) is 4.37. The van der Waals surface area contributed by atoms with E-state index in [0.717, 1.165) is 40.2 Å². The van der Waals surface area contributed by atoms with E-state index in [0.29, 0.717) is 24.8 Å². The zero-order valence-corrected chi connectivity index (χ0v) is 18.3. The molecule has 5 unspecified atom stereocenters. The summed E-state index contributed by atoms with van der Waals surface area (Å²) in [7, 11) is 0. The Hall–Kier alpha value is -2.37. The highest BCUT2D eigenvalue weighted by atomic mass is 32.1. The number of aliphatic hydroxyl groups is 3. The van der Waals surface area contributed by atoms with Crippen LogP contribution in [0.25, 0.3) is 20.8 Å². The first-order valence-corrected chi connectivity index (χ1v) is 11.7. The van der Waals surface area contributed by atoms with Crippen molar-refractivity contribution >= 4 is 33.3 Å². The van der Waals surface area contributed by atoms with Gasteiger partial charge in [-0.1, -0.05) is 12.1 Å². The monoisotopic (exact) mass is 457 g/mol. The van der Waals surface area contributed by atoms with Gasteiger partial charge in [0.05, 0.1) is 40.6 Å². The molecular formula is C22H27N5O4S. The van der Waals surface area contributed by atoms with E-state index in [1.165, 1.54) is 0 Å². The van der Waals surface area contributed by atoms with Gasteiger partial charge in [-0.2, -0.15) is 4.98 Å². The van der Waals surface area contributed by atoms with E-state index in [1.807, 2.05) is 24.3 Å². The molecule has 5 N–H and O–H groups in total. The molecule has 1 saturated carbocycles. The van der Waals surface area contributed by atoms with E-state index >= 15 is 0 Å². The third-order valence-electron chi connectivity index (χ3n) is 6.17. The van der Waals surface area contributed by atoms with Gasteiger partial charge in [0, 0.05) is 25.3 Å². The summed E-state index contributed by atoms with van der Waals surface area (Å²) in [5, 5.41) is 37.7. The largest absolute Gasteiger partial charge is 0.396 e. The van der Waals surface area contributed by atoms with Crippen LogP contribution in [0.5, 0.6) is 0 Å². The van der Waals surface area contributed by atoms with Crippen LogP contribution in [0.15, 0.2) is 30.5 Å². The summed E-state index contributed by atoms with van der Waals surface area (Å²) < 4.78 is 6.60. The van der Waals surface area contributed by atoms with Crippen LogP contribution in [-0.4, -0.2) is 74.4 Å². The van der Waals surface area contributed by atoms with Crippen molar-refractivity contribution in [1.29, 1.82) is 0 Å². The quantitative estimate of drug-likeness (QED) is 0.376. The van der Waals surface area contributed by atoms with E-state index in [2.05, 4.69) is 15.6 Å². The molecule has 3 heterocycles. The zero-order chi connectivity index (χ0) is 22.1. The molecule has 0 bridgehead atoms. The number of aromatic nitrogens is 3. The van der Waals surface area contributed by atoms with Crippen LogP contribution in [0.3, 0.4) is 0 Å².